The van der Waals surface area contributed by atoms with Gasteiger partial charge in [0, 0.05) is 17.5 Å². The number of aromatic nitrogens is 2. The first-order valence-electron chi connectivity index (χ1n) is 7.80. The molecular weight excluding hydrogens is 364 g/mol. The van der Waals surface area contributed by atoms with E-state index in [-0.39, 0.29) is 34.7 Å². The van der Waals surface area contributed by atoms with Crippen LogP contribution < -0.4 is 5.56 Å². The van der Waals surface area contributed by atoms with Gasteiger partial charge >= 0.3 is 5.97 Å². The van der Waals surface area contributed by atoms with Crippen molar-refractivity contribution in [2.24, 2.45) is 0 Å². The molecule has 1 atom stereocenters. The van der Waals surface area contributed by atoms with Crippen molar-refractivity contribution in [2.75, 3.05) is 17.3 Å². The molecule has 0 saturated carbocycles. The summed E-state index contributed by atoms with van der Waals surface area (Å²) in [4.78, 5) is 28.3. The van der Waals surface area contributed by atoms with Crippen LogP contribution in [0, 0.1) is 6.92 Å². The number of thioether (sulfide) groups is 1. The number of rotatable bonds is 5. The number of aryl methyl sites for hydroxylation is 1. The summed E-state index contributed by atoms with van der Waals surface area (Å²) in [7, 11) is -2.95. The molecule has 3 heterocycles. The highest BCUT2D eigenvalue weighted by molar-refractivity contribution is 8.02. The van der Waals surface area contributed by atoms with Gasteiger partial charge < -0.3 is 4.74 Å². The Morgan fingerprint density at radius 3 is 3.00 bits per heavy atom. The highest BCUT2D eigenvalue weighted by Crippen LogP contribution is 2.24. The molecule has 0 bridgehead atoms. The Morgan fingerprint density at radius 1 is 1.48 bits per heavy atom. The molecule has 7 nitrogen and oxygen atoms in total. The molecular formula is C16H18N2O5S2. The van der Waals surface area contributed by atoms with Crippen molar-refractivity contribution in [3.63, 3.8) is 0 Å². The third kappa shape index (κ3) is 4.40. The van der Waals surface area contributed by atoms with Gasteiger partial charge in [-0.3, -0.25) is 14.0 Å². The lowest BCUT2D eigenvalue weighted by molar-refractivity contribution is -0.141. The van der Waals surface area contributed by atoms with Gasteiger partial charge in [-0.15, -0.1) is 11.8 Å². The van der Waals surface area contributed by atoms with Gasteiger partial charge in [-0.05, 0) is 25.0 Å². The van der Waals surface area contributed by atoms with E-state index >= 15 is 0 Å². The highest BCUT2D eigenvalue weighted by atomic mass is 32.2. The van der Waals surface area contributed by atoms with Crippen LogP contribution in [0.2, 0.25) is 0 Å². The lowest BCUT2D eigenvalue weighted by Crippen LogP contribution is -2.18. The predicted octanol–water partition coefficient (Wildman–Crippen LogP) is 0.966. The Bertz CT molecular complexity index is 968. The van der Waals surface area contributed by atoms with Crippen molar-refractivity contribution >= 4 is 33.2 Å². The SMILES string of the molecule is Cc1cccn2c(=O)cc(COC(=O)CS[C@@H]3CCS(=O)(=O)C3)nc12. The average molecular weight is 382 g/mol. The minimum absolute atomic E-state index is 0.0522. The second kappa shape index (κ2) is 7.17. The Kier molecular flexibility index (Phi) is 5.14. The van der Waals surface area contributed by atoms with Crippen LogP contribution in [0.3, 0.4) is 0 Å². The van der Waals surface area contributed by atoms with Crippen LogP contribution in [0.5, 0.6) is 0 Å². The molecule has 0 unspecified atom stereocenters. The Labute approximate surface area is 149 Å². The van der Waals surface area contributed by atoms with E-state index in [1.807, 2.05) is 13.0 Å². The molecule has 25 heavy (non-hydrogen) atoms. The summed E-state index contributed by atoms with van der Waals surface area (Å²) < 4.78 is 29.4. The molecule has 9 heteroatoms. The van der Waals surface area contributed by atoms with E-state index in [2.05, 4.69) is 4.98 Å². The third-order valence-corrected chi connectivity index (χ3v) is 7.20. The van der Waals surface area contributed by atoms with Gasteiger partial charge in [0.1, 0.15) is 12.3 Å². The molecule has 3 rings (SSSR count). The number of carbonyl (C=O) groups is 1. The van der Waals surface area contributed by atoms with Gasteiger partial charge in [0.05, 0.1) is 23.0 Å². The molecule has 0 aliphatic carbocycles. The first kappa shape index (κ1) is 17.9. The van der Waals surface area contributed by atoms with Gasteiger partial charge in [-0.2, -0.15) is 0 Å². The zero-order valence-electron chi connectivity index (χ0n) is 13.7. The first-order valence-corrected chi connectivity index (χ1v) is 10.7. The second-order valence-corrected chi connectivity index (χ2v) is 9.48. The standard InChI is InChI=1S/C16H18N2O5S2/c1-11-3-2-5-18-14(19)7-12(17-16(11)18)8-23-15(20)9-24-13-4-6-25(21,22)10-13/h2-3,5,7,13H,4,6,8-10H2,1H3/t13-/m1/s1. The van der Waals surface area contributed by atoms with Crippen LogP contribution in [-0.2, 0) is 26.0 Å². The Balaban J connectivity index is 1.58. The fourth-order valence-corrected chi connectivity index (χ4v) is 6.10. The van der Waals surface area contributed by atoms with Gasteiger partial charge in [0.15, 0.2) is 9.84 Å². The maximum absolute atomic E-state index is 12.1. The van der Waals surface area contributed by atoms with Crippen molar-refractivity contribution in [3.8, 4) is 0 Å². The van der Waals surface area contributed by atoms with Crippen LogP contribution >= 0.6 is 11.8 Å². The van der Waals surface area contributed by atoms with Gasteiger partial charge in [-0.25, -0.2) is 13.4 Å². The first-order chi connectivity index (χ1) is 11.8. The molecule has 134 valence electrons. The van der Waals surface area contributed by atoms with Crippen molar-refractivity contribution < 1.29 is 17.9 Å². The van der Waals surface area contributed by atoms with Crippen molar-refractivity contribution in [1.82, 2.24) is 9.38 Å². The molecule has 2 aromatic heterocycles. The number of hydrogen-bond acceptors (Lipinski definition) is 7. The summed E-state index contributed by atoms with van der Waals surface area (Å²) >= 11 is 1.30. The summed E-state index contributed by atoms with van der Waals surface area (Å²) in [5.74, 6) is -0.0516. The minimum atomic E-state index is -2.95. The molecule has 2 aromatic rings. The maximum atomic E-state index is 12.1. The number of ether oxygens (including phenoxy) is 1. The van der Waals surface area contributed by atoms with Crippen LogP contribution in [0.1, 0.15) is 17.7 Å². The summed E-state index contributed by atoms with van der Waals surface area (Å²) in [5, 5.41) is -0.0522. The van der Waals surface area contributed by atoms with E-state index in [1.54, 1.807) is 12.3 Å². The van der Waals surface area contributed by atoms with E-state index in [1.165, 1.54) is 22.2 Å². The monoisotopic (exact) mass is 382 g/mol. The van der Waals surface area contributed by atoms with Gasteiger partial charge in [0.2, 0.25) is 0 Å². The summed E-state index contributed by atoms with van der Waals surface area (Å²) in [6.07, 6.45) is 2.21. The normalized spacial score (nSPS) is 19.2. The number of sulfone groups is 1. The summed E-state index contributed by atoms with van der Waals surface area (Å²) in [5.41, 5.74) is 1.55. The smallest absolute Gasteiger partial charge is 0.316 e. The fourth-order valence-electron chi connectivity index (χ4n) is 2.66. The molecule has 0 aromatic carbocycles. The van der Waals surface area contributed by atoms with Crippen molar-refractivity contribution in [2.45, 2.75) is 25.2 Å². The molecule has 0 spiro atoms. The fraction of sp³-hybridized carbons (Fsp3) is 0.438. The lowest BCUT2D eigenvalue weighted by atomic mass is 10.3. The van der Waals surface area contributed by atoms with Crippen molar-refractivity contribution in [1.29, 1.82) is 0 Å². The number of carbonyl (C=O) groups excluding carboxylic acids is 1. The highest BCUT2D eigenvalue weighted by Gasteiger charge is 2.28. The van der Waals surface area contributed by atoms with Crippen LogP contribution in [-0.4, -0.2) is 46.3 Å². The lowest BCUT2D eigenvalue weighted by Gasteiger charge is -2.09. The molecule has 1 saturated heterocycles. The Morgan fingerprint density at radius 2 is 2.28 bits per heavy atom. The average Bonchev–Trinajstić information content (AvgIpc) is 2.91. The molecule has 0 N–H and O–H groups in total. The van der Waals surface area contributed by atoms with Gasteiger partial charge in [-0.1, -0.05) is 6.07 Å². The Hall–Kier alpha value is -1.87. The molecule has 1 fully saturated rings. The van der Waals surface area contributed by atoms with Crippen LogP contribution in [0.25, 0.3) is 5.65 Å². The number of nitrogens with zero attached hydrogens (tertiary/aromatic N) is 2. The molecule has 0 amide bonds. The van der Waals surface area contributed by atoms with E-state index in [0.717, 1.165) is 5.56 Å². The zero-order valence-corrected chi connectivity index (χ0v) is 15.3. The number of fused-ring (bicyclic) bond motifs is 1. The number of pyridine rings is 1. The molecule has 1 aliphatic heterocycles. The zero-order chi connectivity index (χ0) is 18.0. The number of esters is 1. The van der Waals surface area contributed by atoms with E-state index in [9.17, 15) is 18.0 Å². The van der Waals surface area contributed by atoms with Crippen LogP contribution in [0.4, 0.5) is 0 Å². The van der Waals surface area contributed by atoms with E-state index < -0.39 is 15.8 Å². The quantitative estimate of drug-likeness (QED) is 0.711. The topological polar surface area (TPSA) is 94.8 Å². The summed E-state index contributed by atoms with van der Waals surface area (Å²) in [6, 6.07) is 4.96. The maximum Gasteiger partial charge on any atom is 0.316 e. The second-order valence-electron chi connectivity index (χ2n) is 5.97. The van der Waals surface area contributed by atoms with E-state index in [4.69, 9.17) is 4.74 Å². The van der Waals surface area contributed by atoms with Crippen LogP contribution in [0.15, 0.2) is 29.2 Å². The molecule has 1 aliphatic rings. The summed E-state index contributed by atoms with van der Waals surface area (Å²) in [6.45, 7) is 1.77. The van der Waals surface area contributed by atoms with E-state index in [0.29, 0.717) is 17.8 Å². The van der Waals surface area contributed by atoms with Crippen molar-refractivity contribution in [3.05, 3.63) is 46.0 Å². The largest absolute Gasteiger partial charge is 0.459 e. The molecule has 0 radical (unpaired) electrons. The third-order valence-electron chi connectivity index (χ3n) is 3.95. The number of hydrogen-bond donors (Lipinski definition) is 0. The minimum Gasteiger partial charge on any atom is -0.459 e. The van der Waals surface area contributed by atoms with Gasteiger partial charge in [0.25, 0.3) is 5.56 Å². The predicted molar refractivity (Wildman–Crippen MR) is 95.5 cm³/mol.